The van der Waals surface area contributed by atoms with Gasteiger partial charge in [-0.15, -0.1) is 0 Å². The number of alkyl carbamates (subject to hydrolysis) is 1. The van der Waals surface area contributed by atoms with Crippen molar-refractivity contribution in [2.75, 3.05) is 13.7 Å². The van der Waals surface area contributed by atoms with Crippen molar-refractivity contribution in [1.29, 1.82) is 0 Å². The van der Waals surface area contributed by atoms with Crippen LogP contribution >= 0.6 is 0 Å². The SMILES string of the molecule is CCC(C(CC1CCCCC1)NC(=O)OC(C)(C)C)N(C)C(=O)OCC[Si](C)(C)C. The molecule has 6 nitrogen and oxygen atoms in total. The molecule has 30 heavy (non-hydrogen) atoms. The highest BCUT2D eigenvalue weighted by Crippen LogP contribution is 2.29. The molecule has 0 heterocycles. The number of hydrogen-bond acceptors (Lipinski definition) is 4. The Bertz CT molecular complexity index is 536. The van der Waals surface area contributed by atoms with E-state index in [4.69, 9.17) is 9.47 Å². The van der Waals surface area contributed by atoms with Crippen LogP contribution in [0.5, 0.6) is 0 Å². The molecule has 0 aliphatic heterocycles. The van der Waals surface area contributed by atoms with Gasteiger partial charge in [0.2, 0.25) is 0 Å². The summed E-state index contributed by atoms with van der Waals surface area (Å²) in [7, 11) is 0.528. The molecule has 1 N–H and O–H groups in total. The van der Waals surface area contributed by atoms with Crippen LogP contribution in [0, 0.1) is 5.92 Å². The van der Waals surface area contributed by atoms with Gasteiger partial charge in [0.05, 0.1) is 18.7 Å². The number of carbonyl (C=O) groups is 2. The van der Waals surface area contributed by atoms with Crippen molar-refractivity contribution >= 4 is 20.3 Å². The van der Waals surface area contributed by atoms with Gasteiger partial charge < -0.3 is 19.7 Å². The van der Waals surface area contributed by atoms with Crippen LogP contribution in [0.4, 0.5) is 9.59 Å². The molecule has 0 aromatic heterocycles. The maximum absolute atomic E-state index is 12.7. The van der Waals surface area contributed by atoms with Gasteiger partial charge in [0.1, 0.15) is 5.60 Å². The fraction of sp³-hybridized carbons (Fsp3) is 0.913. The second-order valence-electron chi connectivity index (χ2n) is 11.0. The van der Waals surface area contributed by atoms with Crippen molar-refractivity contribution in [1.82, 2.24) is 10.2 Å². The summed E-state index contributed by atoms with van der Waals surface area (Å²) in [6.45, 7) is 14.9. The van der Waals surface area contributed by atoms with Gasteiger partial charge in [0.15, 0.2) is 0 Å². The zero-order chi connectivity index (χ0) is 22.9. The second kappa shape index (κ2) is 12.0. The Hall–Kier alpha value is -1.24. The molecule has 7 heteroatoms. The molecule has 2 unspecified atom stereocenters. The zero-order valence-corrected chi connectivity index (χ0v) is 21.7. The average molecular weight is 443 g/mol. The van der Waals surface area contributed by atoms with Gasteiger partial charge in [0, 0.05) is 15.1 Å². The first-order valence-corrected chi connectivity index (χ1v) is 15.4. The first-order valence-electron chi connectivity index (χ1n) is 11.7. The molecule has 1 aliphatic rings. The fourth-order valence-electron chi connectivity index (χ4n) is 4.06. The van der Waals surface area contributed by atoms with Crippen LogP contribution in [0.3, 0.4) is 0 Å². The van der Waals surface area contributed by atoms with Crippen LogP contribution in [-0.4, -0.2) is 56.5 Å². The van der Waals surface area contributed by atoms with Crippen LogP contribution in [0.25, 0.3) is 0 Å². The molecule has 1 saturated carbocycles. The molecular formula is C23H46N2O4Si. The monoisotopic (exact) mass is 442 g/mol. The highest BCUT2D eigenvalue weighted by molar-refractivity contribution is 6.76. The summed E-state index contributed by atoms with van der Waals surface area (Å²) in [6, 6.07) is 0.673. The molecule has 1 rings (SSSR count). The first-order chi connectivity index (χ1) is 13.8. The van der Waals surface area contributed by atoms with E-state index in [0.717, 1.165) is 18.9 Å². The summed E-state index contributed by atoms with van der Waals surface area (Å²) >= 11 is 0. The molecule has 1 fully saturated rings. The molecule has 0 spiro atoms. The van der Waals surface area contributed by atoms with Gasteiger partial charge in [-0.1, -0.05) is 58.7 Å². The summed E-state index contributed by atoms with van der Waals surface area (Å²) in [5, 5.41) is 3.08. The smallest absolute Gasteiger partial charge is 0.409 e. The second-order valence-corrected chi connectivity index (χ2v) is 16.6. The third-order valence-corrected chi connectivity index (χ3v) is 7.46. The van der Waals surface area contributed by atoms with E-state index in [0.29, 0.717) is 12.5 Å². The first kappa shape index (κ1) is 26.8. The van der Waals surface area contributed by atoms with Gasteiger partial charge in [0.25, 0.3) is 0 Å². The molecule has 0 aromatic rings. The molecule has 2 amide bonds. The lowest BCUT2D eigenvalue weighted by atomic mass is 9.82. The number of carbonyl (C=O) groups excluding carboxylic acids is 2. The Balaban J connectivity index is 2.84. The van der Waals surface area contributed by atoms with E-state index in [2.05, 4.69) is 31.9 Å². The van der Waals surface area contributed by atoms with E-state index in [1.165, 1.54) is 32.1 Å². The van der Waals surface area contributed by atoms with Gasteiger partial charge in [-0.3, -0.25) is 0 Å². The summed E-state index contributed by atoms with van der Waals surface area (Å²) in [4.78, 5) is 26.9. The largest absolute Gasteiger partial charge is 0.450 e. The lowest BCUT2D eigenvalue weighted by Crippen LogP contribution is -2.53. The van der Waals surface area contributed by atoms with E-state index in [1.807, 2.05) is 20.8 Å². The molecule has 0 saturated heterocycles. The Kier molecular flexibility index (Phi) is 10.7. The van der Waals surface area contributed by atoms with E-state index >= 15 is 0 Å². The molecular weight excluding hydrogens is 396 g/mol. The molecule has 0 radical (unpaired) electrons. The van der Waals surface area contributed by atoms with Crippen LogP contribution < -0.4 is 5.32 Å². The fourth-order valence-corrected chi connectivity index (χ4v) is 4.78. The van der Waals surface area contributed by atoms with Gasteiger partial charge in [-0.25, -0.2) is 9.59 Å². The maximum Gasteiger partial charge on any atom is 0.409 e. The van der Waals surface area contributed by atoms with Crippen LogP contribution in [0.2, 0.25) is 25.7 Å². The van der Waals surface area contributed by atoms with Gasteiger partial charge in [-0.2, -0.15) is 0 Å². The van der Waals surface area contributed by atoms with E-state index in [-0.39, 0.29) is 18.2 Å². The van der Waals surface area contributed by atoms with Crippen molar-refractivity contribution in [3.8, 4) is 0 Å². The average Bonchev–Trinajstić information content (AvgIpc) is 2.60. The topological polar surface area (TPSA) is 67.9 Å². The third kappa shape index (κ3) is 10.7. The molecule has 0 bridgehead atoms. The minimum Gasteiger partial charge on any atom is -0.450 e. The third-order valence-electron chi connectivity index (χ3n) is 5.76. The number of nitrogens with zero attached hydrogens (tertiary/aromatic N) is 1. The van der Waals surface area contributed by atoms with Gasteiger partial charge in [-0.05, 0) is 45.6 Å². The molecule has 2 atom stereocenters. The lowest BCUT2D eigenvalue weighted by molar-refractivity contribution is 0.0428. The Morgan fingerprint density at radius 2 is 1.73 bits per heavy atom. The Morgan fingerprint density at radius 3 is 2.23 bits per heavy atom. The van der Waals surface area contributed by atoms with Crippen LogP contribution in [-0.2, 0) is 9.47 Å². The predicted molar refractivity (Wildman–Crippen MR) is 126 cm³/mol. The van der Waals surface area contributed by atoms with Gasteiger partial charge >= 0.3 is 12.2 Å². The van der Waals surface area contributed by atoms with Crippen LogP contribution in [0.1, 0.15) is 72.6 Å². The number of ether oxygens (including phenoxy) is 2. The number of rotatable bonds is 9. The highest BCUT2D eigenvalue weighted by atomic mass is 28.3. The summed E-state index contributed by atoms with van der Waals surface area (Å²) < 4.78 is 11.1. The van der Waals surface area contributed by atoms with E-state index in [9.17, 15) is 9.59 Å². The molecule has 0 aromatic carbocycles. The summed E-state index contributed by atoms with van der Waals surface area (Å²) in [6.07, 6.45) is 7.05. The number of amides is 2. The van der Waals surface area contributed by atoms with E-state index in [1.54, 1.807) is 11.9 Å². The van der Waals surface area contributed by atoms with Crippen molar-refractivity contribution in [3.63, 3.8) is 0 Å². The highest BCUT2D eigenvalue weighted by Gasteiger charge is 2.33. The lowest BCUT2D eigenvalue weighted by Gasteiger charge is -2.37. The van der Waals surface area contributed by atoms with Crippen molar-refractivity contribution < 1.29 is 19.1 Å². The Labute approximate surface area is 185 Å². The van der Waals surface area contributed by atoms with Crippen molar-refractivity contribution in [2.45, 2.75) is 116 Å². The minimum atomic E-state index is -1.26. The van der Waals surface area contributed by atoms with Crippen LogP contribution in [0.15, 0.2) is 0 Å². The summed E-state index contributed by atoms with van der Waals surface area (Å²) in [5.41, 5.74) is -0.553. The Morgan fingerprint density at radius 1 is 1.13 bits per heavy atom. The molecule has 176 valence electrons. The van der Waals surface area contributed by atoms with Crippen molar-refractivity contribution in [2.24, 2.45) is 5.92 Å². The number of nitrogens with one attached hydrogen (secondary N) is 1. The predicted octanol–water partition coefficient (Wildman–Crippen LogP) is 6.04. The summed E-state index contributed by atoms with van der Waals surface area (Å²) in [5.74, 6) is 0.573. The minimum absolute atomic E-state index is 0.126. The normalized spacial score (nSPS) is 17.7. The number of hydrogen-bond donors (Lipinski definition) is 1. The maximum atomic E-state index is 12.7. The quantitative estimate of drug-likeness (QED) is 0.442. The van der Waals surface area contributed by atoms with E-state index < -0.39 is 19.8 Å². The van der Waals surface area contributed by atoms with Crippen molar-refractivity contribution in [3.05, 3.63) is 0 Å². The standard InChI is InChI=1S/C23H46N2O4Si/c1-9-20(25(5)22(27)28-15-16-30(6,7)8)19(17-18-13-11-10-12-14-18)24-21(26)29-23(2,3)4/h18-20H,9-17H2,1-8H3,(H,24,26). The molecule has 1 aliphatic carbocycles. The number of likely N-dealkylation sites (N-methyl/N-ethyl adjacent to an activating group) is 1. The zero-order valence-electron chi connectivity index (χ0n) is 20.7.